The molecule has 0 bridgehead atoms. The molecule has 5 heteroatoms. The fraction of sp³-hybridized carbons (Fsp3) is 0.167. The summed E-state index contributed by atoms with van der Waals surface area (Å²) in [6, 6.07) is 19.5. The molecule has 0 saturated heterocycles. The van der Waals surface area contributed by atoms with Gasteiger partial charge in [-0.1, -0.05) is 36.4 Å². The summed E-state index contributed by atoms with van der Waals surface area (Å²) in [6.07, 6.45) is -0.823. The first kappa shape index (κ1) is 20.1. The molecule has 1 unspecified atom stereocenters. The van der Waals surface area contributed by atoms with Crippen LogP contribution in [0.25, 0.3) is 0 Å². The van der Waals surface area contributed by atoms with Crippen LogP contribution >= 0.6 is 0 Å². The molecule has 1 atom stereocenters. The molecule has 0 aliphatic rings. The van der Waals surface area contributed by atoms with E-state index < -0.39 is 6.10 Å². The van der Waals surface area contributed by atoms with Crippen LogP contribution in [0.4, 0.5) is 0 Å². The monoisotopic (exact) mass is 387 g/mol. The summed E-state index contributed by atoms with van der Waals surface area (Å²) in [5.74, 6) is 0.240. The van der Waals surface area contributed by atoms with Gasteiger partial charge in [-0.3, -0.25) is 4.79 Å². The van der Waals surface area contributed by atoms with E-state index in [-0.39, 0.29) is 23.7 Å². The van der Waals surface area contributed by atoms with Crippen LogP contribution in [-0.4, -0.2) is 16.0 Å². The first-order chi connectivity index (χ1) is 13.9. The Balaban J connectivity index is 1.70. The van der Waals surface area contributed by atoms with Gasteiger partial charge < -0.3 is 14.9 Å². The fourth-order valence-electron chi connectivity index (χ4n) is 3.05. The van der Waals surface area contributed by atoms with Gasteiger partial charge in [-0.2, -0.15) is 5.26 Å². The third-order valence-electron chi connectivity index (χ3n) is 4.78. The molecule has 0 heterocycles. The van der Waals surface area contributed by atoms with Crippen molar-refractivity contribution in [2.75, 3.05) is 0 Å². The van der Waals surface area contributed by atoms with Gasteiger partial charge in [0, 0.05) is 5.56 Å². The predicted molar refractivity (Wildman–Crippen MR) is 109 cm³/mol. The molecule has 3 rings (SSSR count). The molecule has 3 aromatic rings. The lowest BCUT2D eigenvalue weighted by molar-refractivity contribution is 0.101. The van der Waals surface area contributed by atoms with Crippen molar-refractivity contribution in [1.29, 1.82) is 5.26 Å². The highest BCUT2D eigenvalue weighted by Gasteiger charge is 2.14. The lowest BCUT2D eigenvalue weighted by Gasteiger charge is -2.14. The van der Waals surface area contributed by atoms with Crippen molar-refractivity contribution in [2.24, 2.45) is 0 Å². The zero-order chi connectivity index (χ0) is 21.0. The van der Waals surface area contributed by atoms with Crippen LogP contribution in [-0.2, 0) is 6.61 Å². The van der Waals surface area contributed by atoms with Crippen LogP contribution in [0, 0.1) is 18.3 Å². The van der Waals surface area contributed by atoms with Gasteiger partial charge in [0.2, 0.25) is 0 Å². The Bertz CT molecular complexity index is 1080. The largest absolute Gasteiger partial charge is 0.507 e. The maximum Gasteiger partial charge on any atom is 0.163 e. The van der Waals surface area contributed by atoms with Crippen LogP contribution in [0.1, 0.15) is 51.2 Å². The van der Waals surface area contributed by atoms with E-state index in [0.717, 1.165) is 5.56 Å². The molecule has 5 nitrogen and oxygen atoms in total. The van der Waals surface area contributed by atoms with Crippen molar-refractivity contribution >= 4 is 5.78 Å². The number of aromatic hydroxyl groups is 1. The van der Waals surface area contributed by atoms with Crippen molar-refractivity contribution in [2.45, 2.75) is 26.6 Å². The van der Waals surface area contributed by atoms with Crippen LogP contribution in [0.3, 0.4) is 0 Å². The smallest absolute Gasteiger partial charge is 0.163 e. The number of aliphatic hydroxyl groups excluding tert-OH is 1. The van der Waals surface area contributed by atoms with E-state index in [1.54, 1.807) is 43.3 Å². The number of benzene rings is 3. The zero-order valence-electron chi connectivity index (χ0n) is 16.2. The molecule has 146 valence electrons. The molecule has 0 amide bonds. The van der Waals surface area contributed by atoms with Gasteiger partial charge in [-0.15, -0.1) is 0 Å². The van der Waals surface area contributed by atoms with Crippen LogP contribution in [0.15, 0.2) is 60.7 Å². The Hall–Kier alpha value is -3.62. The first-order valence-electron chi connectivity index (χ1n) is 9.14. The number of hydrogen-bond donors (Lipinski definition) is 2. The summed E-state index contributed by atoms with van der Waals surface area (Å²) in [4.78, 5) is 11.5. The number of carbonyl (C=O) groups is 1. The Kier molecular flexibility index (Phi) is 5.96. The summed E-state index contributed by atoms with van der Waals surface area (Å²) in [7, 11) is 0. The molecular formula is C24H21NO4. The number of ether oxygens (including phenoxy) is 1. The Morgan fingerprint density at radius 1 is 1.10 bits per heavy atom. The SMILES string of the molecule is CC(=O)c1ccc(OCc2ccc(C(O)c3cccc(C#N)c3)cc2)c(C)c1O. The van der Waals surface area contributed by atoms with Gasteiger partial charge in [0.25, 0.3) is 0 Å². The standard InChI is InChI=1S/C24H21NO4/c1-15-22(11-10-21(16(2)26)23(15)27)29-14-17-6-8-19(9-7-17)24(28)20-5-3-4-18(12-20)13-25/h3-12,24,27-28H,14H2,1-2H3. The third kappa shape index (κ3) is 4.45. The average molecular weight is 387 g/mol. The number of aliphatic hydroxyl groups is 1. The number of nitrogens with zero attached hydrogens (tertiary/aromatic N) is 1. The lowest BCUT2D eigenvalue weighted by atomic mass is 9.99. The maximum absolute atomic E-state index is 11.5. The number of phenols is 1. The minimum absolute atomic E-state index is 0.0620. The predicted octanol–water partition coefficient (Wildman–Crippen LogP) is 4.44. The Labute approximate surface area is 169 Å². The lowest BCUT2D eigenvalue weighted by Crippen LogP contribution is -2.02. The zero-order valence-corrected chi connectivity index (χ0v) is 16.2. The number of carbonyl (C=O) groups excluding carboxylic acids is 1. The second kappa shape index (κ2) is 8.59. The van der Waals surface area contributed by atoms with E-state index in [4.69, 9.17) is 10.00 Å². The highest BCUT2D eigenvalue weighted by molar-refractivity contribution is 5.97. The second-order valence-corrected chi connectivity index (χ2v) is 6.81. The van der Waals surface area contributed by atoms with Gasteiger partial charge >= 0.3 is 0 Å². The Morgan fingerprint density at radius 3 is 2.48 bits per heavy atom. The number of phenolic OH excluding ortho intramolecular Hbond substituents is 1. The molecule has 0 aromatic heterocycles. The average Bonchev–Trinajstić information content (AvgIpc) is 2.74. The topological polar surface area (TPSA) is 90.5 Å². The molecular weight excluding hydrogens is 366 g/mol. The molecule has 3 aromatic carbocycles. The van der Waals surface area contributed by atoms with Gasteiger partial charge in [0.15, 0.2) is 5.78 Å². The molecule has 0 saturated carbocycles. The molecule has 0 aliphatic carbocycles. The molecule has 2 N–H and O–H groups in total. The van der Waals surface area contributed by atoms with Crippen molar-refractivity contribution in [3.8, 4) is 17.6 Å². The molecule has 0 aliphatic heterocycles. The summed E-state index contributed by atoms with van der Waals surface area (Å²) < 4.78 is 5.78. The number of hydrogen-bond acceptors (Lipinski definition) is 5. The minimum Gasteiger partial charge on any atom is -0.507 e. The summed E-state index contributed by atoms with van der Waals surface area (Å²) in [6.45, 7) is 3.38. The molecule has 0 fully saturated rings. The fourth-order valence-corrected chi connectivity index (χ4v) is 3.05. The van der Waals surface area contributed by atoms with Gasteiger partial charge in [0.1, 0.15) is 24.2 Å². The first-order valence-corrected chi connectivity index (χ1v) is 9.14. The van der Waals surface area contributed by atoms with E-state index in [1.807, 2.05) is 24.3 Å². The highest BCUT2D eigenvalue weighted by atomic mass is 16.5. The summed E-state index contributed by atoms with van der Waals surface area (Å²) in [5.41, 5.74) is 3.55. The van der Waals surface area contributed by atoms with E-state index in [1.165, 1.54) is 6.92 Å². The Morgan fingerprint density at radius 2 is 1.83 bits per heavy atom. The van der Waals surface area contributed by atoms with Crippen LogP contribution in [0.2, 0.25) is 0 Å². The van der Waals surface area contributed by atoms with E-state index in [0.29, 0.717) is 28.0 Å². The normalized spacial score (nSPS) is 11.5. The van der Waals surface area contributed by atoms with E-state index in [2.05, 4.69) is 6.07 Å². The summed E-state index contributed by atoms with van der Waals surface area (Å²) >= 11 is 0. The van der Waals surface area contributed by atoms with Gasteiger partial charge in [-0.05, 0) is 54.8 Å². The quantitative estimate of drug-likeness (QED) is 0.611. The third-order valence-corrected chi connectivity index (χ3v) is 4.78. The number of nitriles is 1. The number of Topliss-reactive ketones (excluding diaryl/α,β-unsaturated/α-hetero) is 1. The summed E-state index contributed by atoms with van der Waals surface area (Å²) in [5, 5.41) is 29.7. The molecule has 0 radical (unpaired) electrons. The van der Waals surface area contributed by atoms with E-state index in [9.17, 15) is 15.0 Å². The molecule has 0 spiro atoms. The van der Waals surface area contributed by atoms with E-state index >= 15 is 0 Å². The van der Waals surface area contributed by atoms with Crippen LogP contribution in [0.5, 0.6) is 11.5 Å². The minimum atomic E-state index is -0.823. The highest BCUT2D eigenvalue weighted by Crippen LogP contribution is 2.31. The second-order valence-electron chi connectivity index (χ2n) is 6.81. The van der Waals surface area contributed by atoms with Gasteiger partial charge in [0.05, 0.1) is 17.2 Å². The van der Waals surface area contributed by atoms with Gasteiger partial charge in [-0.25, -0.2) is 0 Å². The van der Waals surface area contributed by atoms with Crippen LogP contribution < -0.4 is 4.74 Å². The van der Waals surface area contributed by atoms with Crippen molar-refractivity contribution in [3.05, 3.63) is 94.0 Å². The number of rotatable bonds is 6. The number of ketones is 1. The maximum atomic E-state index is 11.5. The van der Waals surface area contributed by atoms with Crippen molar-refractivity contribution in [3.63, 3.8) is 0 Å². The molecule has 29 heavy (non-hydrogen) atoms. The van der Waals surface area contributed by atoms with Crippen molar-refractivity contribution in [1.82, 2.24) is 0 Å². The van der Waals surface area contributed by atoms with Crippen molar-refractivity contribution < 1.29 is 19.7 Å².